The van der Waals surface area contributed by atoms with Gasteiger partial charge in [-0.15, -0.1) is 0 Å². The lowest BCUT2D eigenvalue weighted by atomic mass is 10.1. The van der Waals surface area contributed by atoms with Crippen molar-refractivity contribution in [2.75, 3.05) is 46.1 Å². The molecule has 0 aromatic carbocycles. The fraction of sp³-hybridized carbons (Fsp3) is 1.00. The molecular formula is C20H51N3O7S. The second kappa shape index (κ2) is 34.2. The summed E-state index contributed by atoms with van der Waals surface area (Å²) >= 11 is 0. The van der Waals surface area contributed by atoms with Gasteiger partial charge in [-0.25, -0.2) is 8.37 Å². The summed E-state index contributed by atoms with van der Waals surface area (Å²) in [7, 11) is -3.79. The topological polar surface area (TPSA) is 191 Å². The number of hydrogen-bond donors (Lipinski definition) is 6. The molecule has 0 saturated carbocycles. The van der Waals surface area contributed by atoms with Crippen LogP contribution in [0.1, 0.15) is 78.6 Å². The Morgan fingerprint density at radius 3 is 1.42 bits per heavy atom. The zero-order chi connectivity index (χ0) is 24.8. The minimum atomic E-state index is -3.79. The van der Waals surface area contributed by atoms with Crippen molar-refractivity contribution >= 4 is 10.4 Å². The van der Waals surface area contributed by atoms with Gasteiger partial charge in [-0.05, 0) is 20.3 Å². The minimum absolute atomic E-state index is 0.0972. The van der Waals surface area contributed by atoms with Crippen molar-refractivity contribution in [1.82, 2.24) is 0 Å². The zero-order valence-corrected chi connectivity index (χ0v) is 20.8. The Kier molecular flexibility index (Phi) is 41.9. The lowest BCUT2D eigenvalue weighted by Crippen LogP contribution is -2.17. The van der Waals surface area contributed by atoms with Gasteiger partial charge in [-0.2, -0.15) is 8.42 Å². The zero-order valence-electron chi connectivity index (χ0n) is 20.0. The van der Waals surface area contributed by atoms with Gasteiger partial charge in [0, 0.05) is 19.6 Å². The van der Waals surface area contributed by atoms with Crippen LogP contribution in [0.3, 0.4) is 0 Å². The largest absolute Gasteiger partial charge is 0.400 e. The van der Waals surface area contributed by atoms with Gasteiger partial charge >= 0.3 is 10.4 Å². The van der Waals surface area contributed by atoms with Crippen LogP contribution in [-0.2, 0) is 18.8 Å². The van der Waals surface area contributed by atoms with E-state index in [0.717, 1.165) is 19.3 Å². The monoisotopic (exact) mass is 477 g/mol. The maximum atomic E-state index is 11.2. The Hall–Kier alpha value is -0.370. The maximum absolute atomic E-state index is 11.2. The first kappa shape index (κ1) is 37.9. The van der Waals surface area contributed by atoms with Crippen LogP contribution in [0.25, 0.3) is 0 Å². The van der Waals surface area contributed by atoms with E-state index >= 15 is 0 Å². The predicted molar refractivity (Wildman–Crippen MR) is 127 cm³/mol. The number of aliphatic hydroxyl groups excluding tert-OH is 3. The van der Waals surface area contributed by atoms with Crippen LogP contribution in [0.15, 0.2) is 0 Å². The summed E-state index contributed by atoms with van der Waals surface area (Å²) in [5.74, 6) is 0. The Morgan fingerprint density at radius 2 is 1.10 bits per heavy atom. The van der Waals surface area contributed by atoms with E-state index in [0.29, 0.717) is 19.6 Å². The van der Waals surface area contributed by atoms with Gasteiger partial charge in [0.2, 0.25) is 0 Å². The average molecular weight is 478 g/mol. The molecule has 0 aromatic rings. The van der Waals surface area contributed by atoms with Crippen molar-refractivity contribution in [3.8, 4) is 0 Å². The van der Waals surface area contributed by atoms with Crippen molar-refractivity contribution in [3.05, 3.63) is 0 Å². The molecule has 0 aliphatic rings. The van der Waals surface area contributed by atoms with Crippen LogP contribution in [0.2, 0.25) is 0 Å². The highest BCUT2D eigenvalue weighted by Crippen LogP contribution is 2.13. The molecule has 1 atom stereocenters. The van der Waals surface area contributed by atoms with Crippen LogP contribution in [0.5, 0.6) is 0 Å². The molecule has 9 N–H and O–H groups in total. The summed E-state index contributed by atoms with van der Waals surface area (Å²) in [5, 5.41) is 23.2. The molecule has 0 rings (SSSR count). The van der Waals surface area contributed by atoms with Crippen LogP contribution >= 0.6 is 0 Å². The normalized spacial score (nSPS) is 11.3. The summed E-state index contributed by atoms with van der Waals surface area (Å²) in [6, 6.07) is 0. The molecule has 10 nitrogen and oxygen atoms in total. The number of rotatable bonds is 16. The van der Waals surface area contributed by atoms with E-state index in [-0.39, 0.29) is 32.5 Å². The standard InChI is InChI=1S/C14H30O4S.3C2H7NO/c1-4-6-7-8-9-10-11-12-13-14(3)18-19(15,16)17-5-2;3*3-1-2-4/h14H,4-13H2,1-3H3;3*4H,1-3H2. The van der Waals surface area contributed by atoms with Gasteiger partial charge in [0.05, 0.1) is 32.5 Å². The number of nitrogens with two attached hydrogens (primary N) is 3. The molecule has 0 aliphatic heterocycles. The fourth-order valence-electron chi connectivity index (χ4n) is 1.99. The highest BCUT2D eigenvalue weighted by Gasteiger charge is 2.15. The molecule has 0 radical (unpaired) electrons. The van der Waals surface area contributed by atoms with E-state index in [4.69, 9.17) is 36.7 Å². The SMILES string of the molecule is CCCCCCCCCCC(C)OS(=O)(=O)OCC.NCCO.NCCO.NCCO. The van der Waals surface area contributed by atoms with E-state index in [2.05, 4.69) is 11.1 Å². The van der Waals surface area contributed by atoms with Gasteiger partial charge in [-0.3, -0.25) is 0 Å². The van der Waals surface area contributed by atoms with Crippen LogP contribution in [0, 0.1) is 0 Å². The van der Waals surface area contributed by atoms with E-state index in [1.165, 1.54) is 38.5 Å². The van der Waals surface area contributed by atoms with Gasteiger partial charge in [0.25, 0.3) is 0 Å². The Bertz CT molecular complexity index is 373. The second-order valence-corrected chi connectivity index (χ2v) is 7.77. The Balaban J connectivity index is -0.000000247. The van der Waals surface area contributed by atoms with Crippen molar-refractivity contribution < 1.29 is 32.1 Å². The van der Waals surface area contributed by atoms with Crippen LogP contribution < -0.4 is 17.2 Å². The molecular weight excluding hydrogens is 426 g/mol. The molecule has 0 amide bonds. The summed E-state index contributed by atoms with van der Waals surface area (Å²) in [6.07, 6.45) is 10.4. The molecule has 0 heterocycles. The Morgan fingerprint density at radius 1 is 0.742 bits per heavy atom. The third-order valence-electron chi connectivity index (χ3n) is 3.40. The molecule has 0 bridgehead atoms. The second-order valence-electron chi connectivity index (χ2n) is 6.52. The average Bonchev–Trinajstić information content (AvgIpc) is 2.75. The molecule has 1 unspecified atom stereocenters. The third-order valence-corrected chi connectivity index (χ3v) is 4.48. The molecule has 0 aliphatic carbocycles. The van der Waals surface area contributed by atoms with Crippen LogP contribution in [0.4, 0.5) is 0 Å². The summed E-state index contributed by atoms with van der Waals surface area (Å²) in [4.78, 5) is 0. The molecule has 11 heteroatoms. The highest BCUT2D eigenvalue weighted by molar-refractivity contribution is 7.81. The van der Waals surface area contributed by atoms with Gasteiger partial charge in [-0.1, -0.05) is 58.3 Å². The number of aliphatic hydroxyl groups is 3. The first-order valence-corrected chi connectivity index (χ1v) is 12.6. The fourth-order valence-corrected chi connectivity index (χ4v) is 2.83. The van der Waals surface area contributed by atoms with Crippen molar-refractivity contribution in [2.45, 2.75) is 84.7 Å². The summed E-state index contributed by atoms with van der Waals surface area (Å²) in [6.45, 7) is 7.16. The molecule has 0 aromatic heterocycles. The smallest absolute Gasteiger partial charge is 0.395 e. The minimum Gasteiger partial charge on any atom is -0.395 e. The highest BCUT2D eigenvalue weighted by atomic mass is 32.3. The molecule has 0 saturated heterocycles. The van der Waals surface area contributed by atoms with Crippen LogP contribution in [-0.4, -0.2) is 75.9 Å². The number of unbranched alkanes of at least 4 members (excludes halogenated alkanes) is 7. The molecule has 0 fully saturated rings. The maximum Gasteiger partial charge on any atom is 0.400 e. The third kappa shape index (κ3) is 48.3. The van der Waals surface area contributed by atoms with E-state index in [1.54, 1.807) is 13.8 Å². The number of hydrogen-bond acceptors (Lipinski definition) is 10. The van der Waals surface area contributed by atoms with E-state index < -0.39 is 10.4 Å². The van der Waals surface area contributed by atoms with E-state index in [9.17, 15) is 8.42 Å². The summed E-state index contributed by atoms with van der Waals surface area (Å²) < 4.78 is 31.9. The Labute approximate surface area is 190 Å². The van der Waals surface area contributed by atoms with Gasteiger partial charge in [0.1, 0.15) is 0 Å². The molecule has 0 spiro atoms. The van der Waals surface area contributed by atoms with Crippen molar-refractivity contribution in [2.24, 2.45) is 17.2 Å². The van der Waals surface area contributed by atoms with Gasteiger partial charge < -0.3 is 32.5 Å². The first-order chi connectivity index (χ1) is 14.8. The first-order valence-electron chi connectivity index (χ1n) is 11.3. The lowest BCUT2D eigenvalue weighted by Gasteiger charge is -2.11. The lowest BCUT2D eigenvalue weighted by molar-refractivity contribution is 0.162. The quantitative estimate of drug-likeness (QED) is 0.175. The van der Waals surface area contributed by atoms with Gasteiger partial charge in [0.15, 0.2) is 0 Å². The predicted octanol–water partition coefficient (Wildman–Crippen LogP) is 1.02. The van der Waals surface area contributed by atoms with Crippen molar-refractivity contribution in [3.63, 3.8) is 0 Å². The van der Waals surface area contributed by atoms with Crippen molar-refractivity contribution in [1.29, 1.82) is 0 Å². The summed E-state index contributed by atoms with van der Waals surface area (Å²) in [5.41, 5.74) is 14.3. The molecule has 194 valence electrons. The van der Waals surface area contributed by atoms with E-state index in [1.807, 2.05) is 0 Å². The molecule has 31 heavy (non-hydrogen) atoms.